The summed E-state index contributed by atoms with van der Waals surface area (Å²) in [5.41, 5.74) is 1.21. The summed E-state index contributed by atoms with van der Waals surface area (Å²) in [6.07, 6.45) is 0.520. The molecule has 0 aromatic heterocycles. The first-order valence-electron chi connectivity index (χ1n) is 7.61. The Balaban J connectivity index is 1.52. The lowest BCUT2D eigenvalue weighted by Gasteiger charge is -2.06. The van der Waals surface area contributed by atoms with Gasteiger partial charge in [0.2, 0.25) is 5.91 Å². The van der Waals surface area contributed by atoms with Crippen molar-refractivity contribution < 1.29 is 4.79 Å². The Morgan fingerprint density at radius 2 is 1.79 bits per heavy atom. The van der Waals surface area contributed by atoms with E-state index in [9.17, 15) is 4.79 Å². The van der Waals surface area contributed by atoms with Crippen LogP contribution in [0.25, 0.3) is 0 Å². The Morgan fingerprint density at radius 1 is 1.00 bits per heavy atom. The third-order valence-corrected chi connectivity index (χ3v) is 5.67. The Bertz CT molecular complexity index is 650. The molecule has 2 aromatic carbocycles. The van der Waals surface area contributed by atoms with Crippen LogP contribution in [0.4, 0.5) is 0 Å². The molecule has 0 aliphatic carbocycles. The molecule has 0 saturated carbocycles. The van der Waals surface area contributed by atoms with Gasteiger partial charge in [-0.1, -0.05) is 35.3 Å². The summed E-state index contributed by atoms with van der Waals surface area (Å²) >= 11 is 15.2. The molecule has 0 atom stereocenters. The van der Waals surface area contributed by atoms with Gasteiger partial charge in [0.25, 0.3) is 0 Å². The fourth-order valence-corrected chi connectivity index (χ4v) is 3.96. The lowest BCUT2D eigenvalue weighted by molar-refractivity contribution is -0.120. The summed E-state index contributed by atoms with van der Waals surface area (Å²) in [7, 11) is 0. The van der Waals surface area contributed by atoms with Gasteiger partial charge in [-0.15, -0.1) is 11.8 Å². The van der Waals surface area contributed by atoms with Gasteiger partial charge < -0.3 is 5.32 Å². The van der Waals surface area contributed by atoms with Crippen LogP contribution < -0.4 is 5.32 Å². The molecule has 2 rings (SSSR count). The normalized spacial score (nSPS) is 10.6. The van der Waals surface area contributed by atoms with Gasteiger partial charge in [-0.05, 0) is 42.0 Å². The average molecular weight is 400 g/mol. The predicted molar refractivity (Wildman–Crippen MR) is 107 cm³/mol. The zero-order valence-corrected chi connectivity index (χ0v) is 16.3. The maximum absolute atomic E-state index is 11.8. The molecule has 1 N–H and O–H groups in total. The van der Waals surface area contributed by atoms with Gasteiger partial charge in [0, 0.05) is 45.2 Å². The van der Waals surface area contributed by atoms with E-state index in [2.05, 4.69) is 11.4 Å². The highest BCUT2D eigenvalue weighted by molar-refractivity contribution is 7.99. The van der Waals surface area contributed by atoms with E-state index >= 15 is 0 Å². The van der Waals surface area contributed by atoms with Crippen molar-refractivity contribution in [1.82, 2.24) is 5.32 Å². The van der Waals surface area contributed by atoms with Crippen LogP contribution in [0.5, 0.6) is 0 Å². The van der Waals surface area contributed by atoms with Gasteiger partial charge in [-0.25, -0.2) is 0 Å². The maximum atomic E-state index is 11.8. The van der Waals surface area contributed by atoms with Crippen LogP contribution in [0.2, 0.25) is 10.0 Å². The van der Waals surface area contributed by atoms with Crippen molar-refractivity contribution >= 4 is 52.6 Å². The first-order chi connectivity index (χ1) is 11.6. The molecule has 0 saturated heterocycles. The summed E-state index contributed by atoms with van der Waals surface area (Å²) in [5, 5.41) is 4.45. The van der Waals surface area contributed by atoms with Crippen molar-refractivity contribution in [3.63, 3.8) is 0 Å². The lowest BCUT2D eigenvalue weighted by Crippen LogP contribution is -2.25. The van der Waals surface area contributed by atoms with Crippen molar-refractivity contribution in [2.75, 3.05) is 18.1 Å². The van der Waals surface area contributed by atoms with Crippen LogP contribution in [-0.2, 0) is 10.5 Å². The summed E-state index contributed by atoms with van der Waals surface area (Å²) in [6, 6.07) is 15.5. The smallest absolute Gasteiger partial charge is 0.220 e. The Kier molecular flexibility index (Phi) is 8.89. The Labute approximate surface area is 161 Å². The summed E-state index contributed by atoms with van der Waals surface area (Å²) in [5.74, 6) is 2.66. The molecule has 2 aromatic rings. The minimum Gasteiger partial charge on any atom is -0.355 e. The molecule has 0 heterocycles. The minimum absolute atomic E-state index is 0.0971. The molecule has 24 heavy (non-hydrogen) atoms. The third kappa shape index (κ3) is 7.84. The average Bonchev–Trinajstić information content (AvgIpc) is 2.56. The molecule has 0 spiro atoms. The standard InChI is InChI=1S/C18H19Cl2NOS2/c19-15-4-6-17(7-5-15)24-10-8-18(22)21-9-11-23-13-14-2-1-3-16(20)12-14/h1-7,12H,8-11,13H2,(H,21,22). The van der Waals surface area contributed by atoms with Gasteiger partial charge >= 0.3 is 0 Å². The SMILES string of the molecule is O=C(CCSc1ccc(Cl)cc1)NCCSCc1cccc(Cl)c1. The van der Waals surface area contributed by atoms with E-state index in [4.69, 9.17) is 23.2 Å². The van der Waals surface area contributed by atoms with Gasteiger partial charge in [-0.2, -0.15) is 11.8 Å². The molecule has 0 unspecified atom stereocenters. The fraction of sp³-hybridized carbons (Fsp3) is 0.278. The second-order valence-electron chi connectivity index (χ2n) is 5.08. The topological polar surface area (TPSA) is 29.1 Å². The van der Waals surface area contributed by atoms with E-state index in [1.807, 2.05) is 42.5 Å². The number of rotatable bonds is 9. The highest BCUT2D eigenvalue weighted by Crippen LogP contribution is 2.21. The third-order valence-electron chi connectivity index (χ3n) is 3.14. The van der Waals surface area contributed by atoms with Gasteiger partial charge in [-0.3, -0.25) is 4.79 Å². The zero-order chi connectivity index (χ0) is 17.2. The van der Waals surface area contributed by atoms with Crippen molar-refractivity contribution in [1.29, 1.82) is 0 Å². The number of carbonyl (C=O) groups is 1. The number of amides is 1. The van der Waals surface area contributed by atoms with Gasteiger partial charge in [0.1, 0.15) is 0 Å². The fourth-order valence-electron chi connectivity index (χ4n) is 1.96. The summed E-state index contributed by atoms with van der Waals surface area (Å²) in [4.78, 5) is 12.9. The number of hydrogen-bond donors (Lipinski definition) is 1. The largest absolute Gasteiger partial charge is 0.355 e. The van der Waals surface area contributed by atoms with Crippen LogP contribution in [0.1, 0.15) is 12.0 Å². The quantitative estimate of drug-likeness (QED) is 0.444. The van der Waals surface area contributed by atoms with E-state index in [1.54, 1.807) is 23.5 Å². The number of halogens is 2. The Hall–Kier alpha value is -0.810. The van der Waals surface area contributed by atoms with Crippen LogP contribution >= 0.6 is 46.7 Å². The van der Waals surface area contributed by atoms with Crippen LogP contribution in [0, 0.1) is 0 Å². The molecule has 128 valence electrons. The van der Waals surface area contributed by atoms with E-state index in [1.165, 1.54) is 5.56 Å². The van der Waals surface area contributed by atoms with Crippen molar-refractivity contribution in [2.45, 2.75) is 17.1 Å². The molecule has 6 heteroatoms. The summed E-state index contributed by atoms with van der Waals surface area (Å²) < 4.78 is 0. The number of hydrogen-bond acceptors (Lipinski definition) is 3. The molecule has 1 amide bonds. The molecule has 0 aliphatic rings. The second kappa shape index (κ2) is 10.9. The van der Waals surface area contributed by atoms with E-state index < -0.39 is 0 Å². The zero-order valence-electron chi connectivity index (χ0n) is 13.1. The van der Waals surface area contributed by atoms with Crippen molar-refractivity contribution in [3.8, 4) is 0 Å². The van der Waals surface area contributed by atoms with Crippen LogP contribution in [0.15, 0.2) is 53.4 Å². The molecule has 0 bridgehead atoms. The van der Waals surface area contributed by atoms with E-state index in [-0.39, 0.29) is 5.91 Å². The minimum atomic E-state index is 0.0971. The number of carbonyl (C=O) groups excluding carboxylic acids is 1. The highest BCUT2D eigenvalue weighted by atomic mass is 35.5. The number of benzene rings is 2. The monoisotopic (exact) mass is 399 g/mol. The van der Waals surface area contributed by atoms with Crippen molar-refractivity contribution in [2.24, 2.45) is 0 Å². The molecule has 0 aliphatic heterocycles. The van der Waals surface area contributed by atoms with Crippen LogP contribution in [-0.4, -0.2) is 24.0 Å². The van der Waals surface area contributed by atoms with Crippen LogP contribution in [0.3, 0.4) is 0 Å². The first-order valence-corrected chi connectivity index (χ1v) is 10.5. The number of nitrogens with one attached hydrogen (secondary N) is 1. The molecule has 2 nitrogen and oxygen atoms in total. The maximum Gasteiger partial charge on any atom is 0.220 e. The van der Waals surface area contributed by atoms with Gasteiger partial charge in [0.15, 0.2) is 0 Å². The lowest BCUT2D eigenvalue weighted by atomic mass is 10.2. The first kappa shape index (κ1) is 19.5. The van der Waals surface area contributed by atoms with Gasteiger partial charge in [0.05, 0.1) is 0 Å². The van der Waals surface area contributed by atoms with E-state index in [0.29, 0.717) is 13.0 Å². The molecular weight excluding hydrogens is 381 g/mol. The number of thioether (sulfide) groups is 2. The summed E-state index contributed by atoms with van der Waals surface area (Å²) in [6.45, 7) is 0.690. The van der Waals surface area contributed by atoms with Crippen molar-refractivity contribution in [3.05, 3.63) is 64.1 Å². The molecule has 0 radical (unpaired) electrons. The predicted octanol–water partition coefficient (Wildman–Crippen LogP) is 5.53. The Morgan fingerprint density at radius 3 is 2.54 bits per heavy atom. The molecule has 0 fully saturated rings. The van der Waals surface area contributed by atoms with E-state index in [0.717, 1.165) is 32.2 Å². The highest BCUT2D eigenvalue weighted by Gasteiger charge is 2.02. The molecular formula is C18H19Cl2NOS2. The second-order valence-corrected chi connectivity index (χ2v) is 8.23.